The number of aliphatic hydroxyl groups is 1. The quantitative estimate of drug-likeness (QED) is 0.0222. The lowest BCUT2D eigenvalue weighted by Crippen LogP contribution is -2.30. The third-order valence-corrected chi connectivity index (χ3v) is 22.8. The average Bonchev–Trinajstić information content (AvgIpc) is 0.901. The maximum Gasteiger partial charge on any atom is 0.472 e. The van der Waals surface area contributed by atoms with Crippen LogP contribution < -0.4 is 0 Å². The number of phosphoric acid groups is 2. The first-order valence-electron chi connectivity index (χ1n) is 45.2. The van der Waals surface area contributed by atoms with Crippen LogP contribution in [0.3, 0.4) is 0 Å². The van der Waals surface area contributed by atoms with Gasteiger partial charge in [-0.1, -0.05) is 420 Å². The molecule has 3 N–H and O–H groups in total. The van der Waals surface area contributed by atoms with Crippen molar-refractivity contribution in [2.45, 2.75) is 490 Å². The molecule has 0 aromatic heterocycles. The van der Waals surface area contributed by atoms with Gasteiger partial charge in [-0.25, -0.2) is 9.13 Å². The molecule has 17 nitrogen and oxygen atoms in total. The Morgan fingerprint density at radius 1 is 0.264 bits per heavy atom. The molecule has 0 radical (unpaired) electrons. The average molecular weight is 1550 g/mol. The fraction of sp³-hybridized carbons (Fsp3) is 0.954. The van der Waals surface area contributed by atoms with Crippen LogP contribution in [0, 0.1) is 5.92 Å². The monoisotopic (exact) mass is 1550 g/mol. The van der Waals surface area contributed by atoms with Crippen LogP contribution in [0.4, 0.5) is 0 Å². The summed E-state index contributed by atoms with van der Waals surface area (Å²) in [5.74, 6) is -1.25. The van der Waals surface area contributed by atoms with Gasteiger partial charge in [0.15, 0.2) is 12.2 Å². The molecule has 0 rings (SSSR count). The molecule has 0 bridgehead atoms. The van der Waals surface area contributed by atoms with Gasteiger partial charge in [0.2, 0.25) is 0 Å². The molecule has 19 heteroatoms. The molecule has 630 valence electrons. The molecule has 6 atom stereocenters. The van der Waals surface area contributed by atoms with E-state index >= 15 is 0 Å². The molecule has 0 aromatic carbocycles. The molecule has 0 aliphatic heterocycles. The van der Waals surface area contributed by atoms with E-state index in [1.165, 1.54) is 295 Å². The van der Waals surface area contributed by atoms with E-state index in [-0.39, 0.29) is 25.7 Å². The van der Waals surface area contributed by atoms with Crippen LogP contribution in [0.25, 0.3) is 0 Å². The Kier molecular flexibility index (Phi) is 78.2. The number of carbonyl (C=O) groups is 4. The lowest BCUT2D eigenvalue weighted by atomic mass is 9.99. The lowest BCUT2D eigenvalue weighted by molar-refractivity contribution is -0.161. The molecule has 0 aromatic rings. The second kappa shape index (κ2) is 79.7. The summed E-state index contributed by atoms with van der Waals surface area (Å²) in [7, 11) is -9.93. The van der Waals surface area contributed by atoms with Gasteiger partial charge in [0.1, 0.15) is 19.3 Å². The predicted octanol–water partition coefficient (Wildman–Crippen LogP) is 26.8. The Bertz CT molecular complexity index is 2020. The molecule has 0 heterocycles. The molecule has 0 saturated carbocycles. The van der Waals surface area contributed by atoms with Gasteiger partial charge >= 0.3 is 39.5 Å². The van der Waals surface area contributed by atoms with E-state index in [1.807, 2.05) is 0 Å². The van der Waals surface area contributed by atoms with E-state index in [9.17, 15) is 43.2 Å². The summed E-state index contributed by atoms with van der Waals surface area (Å²) in [6, 6.07) is 0. The highest BCUT2D eigenvalue weighted by molar-refractivity contribution is 7.47. The van der Waals surface area contributed by atoms with E-state index < -0.39 is 97.5 Å². The Morgan fingerprint density at radius 3 is 0.670 bits per heavy atom. The third-order valence-electron chi connectivity index (χ3n) is 20.9. The van der Waals surface area contributed by atoms with Crippen molar-refractivity contribution >= 4 is 39.5 Å². The van der Waals surface area contributed by atoms with E-state index in [0.29, 0.717) is 25.7 Å². The van der Waals surface area contributed by atoms with Crippen LogP contribution >= 0.6 is 15.6 Å². The van der Waals surface area contributed by atoms with E-state index in [2.05, 4.69) is 34.6 Å². The minimum absolute atomic E-state index is 0.109. The van der Waals surface area contributed by atoms with Crippen molar-refractivity contribution < 1.29 is 80.2 Å². The van der Waals surface area contributed by atoms with Crippen LogP contribution in [-0.2, 0) is 65.4 Å². The number of carbonyl (C=O) groups excluding carboxylic acids is 4. The molecular formula is C87H170O17P2. The van der Waals surface area contributed by atoms with Crippen LogP contribution in [-0.4, -0.2) is 96.7 Å². The number of aliphatic hydroxyl groups excluding tert-OH is 1. The highest BCUT2D eigenvalue weighted by Gasteiger charge is 2.30. The summed E-state index contributed by atoms with van der Waals surface area (Å²) in [6.45, 7) is 7.43. The summed E-state index contributed by atoms with van der Waals surface area (Å²) in [6.07, 6.45) is 73.4. The van der Waals surface area contributed by atoms with Crippen LogP contribution in [0.1, 0.15) is 471 Å². The van der Waals surface area contributed by atoms with Gasteiger partial charge in [-0.15, -0.1) is 0 Å². The molecule has 3 unspecified atom stereocenters. The zero-order chi connectivity index (χ0) is 77.6. The Morgan fingerprint density at radius 2 is 0.453 bits per heavy atom. The van der Waals surface area contributed by atoms with Gasteiger partial charge in [-0.3, -0.25) is 37.3 Å². The molecule has 0 aliphatic carbocycles. The topological polar surface area (TPSA) is 237 Å². The summed E-state index contributed by atoms with van der Waals surface area (Å²) in [5.41, 5.74) is 0. The zero-order valence-electron chi connectivity index (χ0n) is 69.6. The van der Waals surface area contributed by atoms with Gasteiger partial charge in [0.25, 0.3) is 0 Å². The Balaban J connectivity index is 5.25. The van der Waals surface area contributed by atoms with Gasteiger partial charge in [0.05, 0.1) is 26.4 Å². The predicted molar refractivity (Wildman–Crippen MR) is 437 cm³/mol. The molecule has 106 heavy (non-hydrogen) atoms. The maximum atomic E-state index is 13.2. The summed E-state index contributed by atoms with van der Waals surface area (Å²) in [4.78, 5) is 73.3. The molecule has 0 fully saturated rings. The second-order valence-corrected chi connectivity index (χ2v) is 34.4. The minimum atomic E-state index is -4.97. The summed E-state index contributed by atoms with van der Waals surface area (Å²) in [5, 5.41) is 10.7. The number of esters is 4. The number of hydrogen-bond acceptors (Lipinski definition) is 15. The van der Waals surface area contributed by atoms with Crippen molar-refractivity contribution in [1.82, 2.24) is 0 Å². The van der Waals surface area contributed by atoms with Gasteiger partial charge in [-0.05, 0) is 31.6 Å². The second-order valence-electron chi connectivity index (χ2n) is 31.5. The standard InChI is InChI=1S/C87H170O17P2/c1-6-10-13-16-19-22-25-28-30-31-32-33-34-35-36-43-48-53-58-63-68-73-87(92)104-83(77-98-85(90)71-66-61-56-51-46-42-38-37-40-44-49-54-59-64-69-80(5)9-4)79-102-106(95,96)100-75-81(88)74-99-105(93,94)101-78-82(76-97-84(89)70-65-60-55-50-45-39-27-24-21-18-15-12-8-3)103-86(91)72-67-62-57-52-47-41-29-26-23-20-17-14-11-7-2/h80-83,88H,6-79H2,1-5H3,(H,93,94)(H,95,96)/t80?,81-,82+,83+/m0/s1. The third kappa shape index (κ3) is 78.7. The van der Waals surface area contributed by atoms with E-state index in [4.69, 9.17) is 37.0 Å². The number of phosphoric ester groups is 2. The highest BCUT2D eigenvalue weighted by atomic mass is 31.2. The fourth-order valence-corrected chi connectivity index (χ4v) is 15.2. The van der Waals surface area contributed by atoms with Crippen LogP contribution in [0.2, 0.25) is 0 Å². The molecule has 0 amide bonds. The van der Waals surface area contributed by atoms with Gasteiger partial charge in [0, 0.05) is 25.7 Å². The van der Waals surface area contributed by atoms with Crippen molar-refractivity contribution in [3.05, 3.63) is 0 Å². The van der Waals surface area contributed by atoms with E-state index in [0.717, 1.165) is 95.8 Å². The number of ether oxygens (including phenoxy) is 4. The molecule has 0 saturated heterocycles. The first-order valence-corrected chi connectivity index (χ1v) is 48.2. The normalized spacial score (nSPS) is 14.0. The van der Waals surface area contributed by atoms with Gasteiger partial charge in [-0.2, -0.15) is 0 Å². The molecular weight excluding hydrogens is 1380 g/mol. The highest BCUT2D eigenvalue weighted by Crippen LogP contribution is 2.45. The Labute approximate surface area is 651 Å². The largest absolute Gasteiger partial charge is 0.472 e. The summed E-state index contributed by atoms with van der Waals surface area (Å²) >= 11 is 0. The fourth-order valence-electron chi connectivity index (χ4n) is 13.6. The Hall–Kier alpha value is -1.94. The first kappa shape index (κ1) is 104. The van der Waals surface area contributed by atoms with Crippen LogP contribution in [0.5, 0.6) is 0 Å². The molecule has 0 spiro atoms. The van der Waals surface area contributed by atoms with Crippen molar-refractivity contribution in [1.29, 1.82) is 0 Å². The lowest BCUT2D eigenvalue weighted by Gasteiger charge is -2.21. The van der Waals surface area contributed by atoms with Crippen LogP contribution in [0.15, 0.2) is 0 Å². The smallest absolute Gasteiger partial charge is 0.462 e. The zero-order valence-corrected chi connectivity index (χ0v) is 71.4. The van der Waals surface area contributed by atoms with Gasteiger partial charge < -0.3 is 33.8 Å². The number of unbranched alkanes of at least 4 members (excludes halogenated alkanes) is 58. The number of rotatable bonds is 87. The van der Waals surface area contributed by atoms with Crippen molar-refractivity contribution in [2.24, 2.45) is 5.92 Å². The summed E-state index contributed by atoms with van der Waals surface area (Å²) < 4.78 is 69.0. The minimum Gasteiger partial charge on any atom is -0.462 e. The first-order chi connectivity index (χ1) is 51.6. The van der Waals surface area contributed by atoms with Crippen molar-refractivity contribution in [3.63, 3.8) is 0 Å². The van der Waals surface area contributed by atoms with E-state index in [1.54, 1.807) is 0 Å². The SMILES string of the molecule is CCCCCCCCCCCCCCCCCCCCCCCC(=O)O[C@H](COC(=O)CCCCCCCCCCCCCCCCC(C)CC)COP(=O)(O)OC[C@@H](O)COP(=O)(O)OC[C@@H](COC(=O)CCCCCCCCCCCCCCC)OC(=O)CCCCCCCCCCCCCCCC. The maximum absolute atomic E-state index is 13.2. The van der Waals surface area contributed by atoms with Crippen molar-refractivity contribution in [2.75, 3.05) is 39.6 Å². The van der Waals surface area contributed by atoms with Crippen molar-refractivity contribution in [3.8, 4) is 0 Å². The molecule has 0 aliphatic rings. The number of hydrogen-bond donors (Lipinski definition) is 3.